The van der Waals surface area contributed by atoms with Gasteiger partial charge >= 0.3 is 0 Å². The van der Waals surface area contributed by atoms with Crippen molar-refractivity contribution >= 4 is 12.4 Å². The molecule has 0 radical (unpaired) electrons. The SMILES string of the molecule is CNC(C)c1cccc(O)c1.Cl. The van der Waals surface area contributed by atoms with E-state index < -0.39 is 0 Å². The summed E-state index contributed by atoms with van der Waals surface area (Å²) in [5.41, 5.74) is 1.10. The van der Waals surface area contributed by atoms with E-state index in [-0.39, 0.29) is 12.4 Å². The molecule has 0 saturated carbocycles. The molecule has 1 aromatic rings. The highest BCUT2D eigenvalue weighted by Crippen LogP contribution is 2.16. The average molecular weight is 188 g/mol. The monoisotopic (exact) mass is 187 g/mol. The summed E-state index contributed by atoms with van der Waals surface area (Å²) in [5, 5.41) is 12.2. The lowest BCUT2D eigenvalue weighted by molar-refractivity contribution is 0.473. The highest BCUT2D eigenvalue weighted by Gasteiger charge is 2.01. The van der Waals surface area contributed by atoms with Crippen molar-refractivity contribution in [1.29, 1.82) is 0 Å². The van der Waals surface area contributed by atoms with Crippen LogP contribution in [0.4, 0.5) is 0 Å². The van der Waals surface area contributed by atoms with E-state index in [2.05, 4.69) is 12.2 Å². The van der Waals surface area contributed by atoms with Crippen LogP contribution in [0.5, 0.6) is 5.75 Å². The maximum absolute atomic E-state index is 9.13. The standard InChI is InChI=1S/C9H13NO.ClH/c1-7(10-2)8-4-3-5-9(11)6-8;/h3-7,10-11H,1-2H3;1H. The molecule has 12 heavy (non-hydrogen) atoms. The largest absolute Gasteiger partial charge is 0.508 e. The highest BCUT2D eigenvalue weighted by molar-refractivity contribution is 5.85. The molecule has 2 nitrogen and oxygen atoms in total. The van der Waals surface area contributed by atoms with Crippen molar-refractivity contribution in [2.75, 3.05) is 7.05 Å². The lowest BCUT2D eigenvalue weighted by Crippen LogP contribution is -2.11. The van der Waals surface area contributed by atoms with E-state index in [9.17, 15) is 0 Å². The van der Waals surface area contributed by atoms with Crippen LogP contribution < -0.4 is 5.32 Å². The van der Waals surface area contributed by atoms with Crippen LogP contribution in [0.3, 0.4) is 0 Å². The first-order valence-electron chi connectivity index (χ1n) is 3.70. The maximum Gasteiger partial charge on any atom is 0.115 e. The zero-order valence-electron chi connectivity index (χ0n) is 7.24. The number of aromatic hydroxyl groups is 1. The van der Waals surface area contributed by atoms with Gasteiger partial charge in [-0.25, -0.2) is 0 Å². The molecule has 68 valence electrons. The van der Waals surface area contributed by atoms with E-state index in [0.29, 0.717) is 11.8 Å². The number of hydrogen-bond acceptors (Lipinski definition) is 2. The third-order valence-electron chi connectivity index (χ3n) is 1.80. The lowest BCUT2D eigenvalue weighted by Gasteiger charge is -2.09. The van der Waals surface area contributed by atoms with Crippen molar-refractivity contribution in [2.45, 2.75) is 13.0 Å². The summed E-state index contributed by atoms with van der Waals surface area (Å²) in [6.45, 7) is 2.05. The molecule has 0 aliphatic rings. The number of phenolic OH excluding ortho intramolecular Hbond substituents is 1. The van der Waals surface area contributed by atoms with Gasteiger partial charge in [0.05, 0.1) is 0 Å². The number of hydrogen-bond donors (Lipinski definition) is 2. The molecule has 0 spiro atoms. The molecule has 0 bridgehead atoms. The van der Waals surface area contributed by atoms with Crippen molar-refractivity contribution in [3.63, 3.8) is 0 Å². The Balaban J connectivity index is 0.00000121. The van der Waals surface area contributed by atoms with Gasteiger partial charge in [0.25, 0.3) is 0 Å². The summed E-state index contributed by atoms with van der Waals surface area (Å²) in [6, 6.07) is 7.56. The maximum atomic E-state index is 9.13. The summed E-state index contributed by atoms with van der Waals surface area (Å²) >= 11 is 0. The van der Waals surface area contributed by atoms with Crippen LogP contribution in [0.1, 0.15) is 18.5 Å². The van der Waals surface area contributed by atoms with Gasteiger partial charge in [0.2, 0.25) is 0 Å². The molecule has 0 aromatic heterocycles. The summed E-state index contributed by atoms with van der Waals surface area (Å²) in [7, 11) is 1.90. The average Bonchev–Trinajstić information content (AvgIpc) is 2.03. The Bertz CT molecular complexity index is 240. The van der Waals surface area contributed by atoms with Crippen LogP contribution in [0.2, 0.25) is 0 Å². The highest BCUT2D eigenvalue weighted by atomic mass is 35.5. The summed E-state index contributed by atoms with van der Waals surface area (Å²) in [4.78, 5) is 0. The molecule has 0 saturated heterocycles. The van der Waals surface area contributed by atoms with Crippen LogP contribution in [-0.4, -0.2) is 12.2 Å². The molecular weight excluding hydrogens is 174 g/mol. The number of benzene rings is 1. The van der Waals surface area contributed by atoms with Crippen molar-refractivity contribution in [3.05, 3.63) is 29.8 Å². The van der Waals surface area contributed by atoms with Gasteiger partial charge in [-0.3, -0.25) is 0 Å². The van der Waals surface area contributed by atoms with Gasteiger partial charge in [-0.1, -0.05) is 12.1 Å². The minimum atomic E-state index is 0. The summed E-state index contributed by atoms with van der Waals surface area (Å²) in [6.07, 6.45) is 0. The zero-order chi connectivity index (χ0) is 8.27. The van der Waals surface area contributed by atoms with Crippen LogP contribution in [0.25, 0.3) is 0 Å². The van der Waals surface area contributed by atoms with Crippen molar-refractivity contribution < 1.29 is 5.11 Å². The van der Waals surface area contributed by atoms with E-state index in [1.165, 1.54) is 0 Å². The van der Waals surface area contributed by atoms with Crippen LogP contribution in [0.15, 0.2) is 24.3 Å². The van der Waals surface area contributed by atoms with Gasteiger partial charge in [0.1, 0.15) is 5.75 Å². The Kier molecular flexibility index (Phi) is 4.71. The second kappa shape index (κ2) is 5.01. The Morgan fingerprint density at radius 2 is 2.08 bits per heavy atom. The minimum Gasteiger partial charge on any atom is -0.508 e. The predicted molar refractivity (Wildman–Crippen MR) is 52.8 cm³/mol. The van der Waals surface area contributed by atoms with Gasteiger partial charge in [-0.15, -0.1) is 12.4 Å². The van der Waals surface area contributed by atoms with Gasteiger partial charge in [-0.05, 0) is 31.7 Å². The number of phenols is 1. The van der Waals surface area contributed by atoms with E-state index in [1.54, 1.807) is 12.1 Å². The van der Waals surface area contributed by atoms with Gasteiger partial charge in [0.15, 0.2) is 0 Å². The summed E-state index contributed by atoms with van der Waals surface area (Å²) < 4.78 is 0. The summed E-state index contributed by atoms with van der Waals surface area (Å²) in [5.74, 6) is 0.324. The first kappa shape index (κ1) is 11.3. The van der Waals surface area contributed by atoms with E-state index in [4.69, 9.17) is 5.11 Å². The third-order valence-corrected chi connectivity index (χ3v) is 1.80. The molecule has 0 fully saturated rings. The Hall–Kier alpha value is -0.730. The quantitative estimate of drug-likeness (QED) is 0.743. The third kappa shape index (κ3) is 2.72. The van der Waals surface area contributed by atoms with Crippen molar-refractivity contribution in [1.82, 2.24) is 5.32 Å². The number of halogens is 1. The zero-order valence-corrected chi connectivity index (χ0v) is 8.06. The fourth-order valence-corrected chi connectivity index (χ4v) is 0.961. The van der Waals surface area contributed by atoms with Crippen molar-refractivity contribution in [3.8, 4) is 5.75 Å². The lowest BCUT2D eigenvalue weighted by atomic mass is 10.1. The molecular formula is C9H14ClNO. The smallest absolute Gasteiger partial charge is 0.115 e. The first-order chi connectivity index (χ1) is 5.24. The Morgan fingerprint density at radius 1 is 1.42 bits per heavy atom. The van der Waals surface area contributed by atoms with E-state index in [0.717, 1.165) is 5.56 Å². The second-order valence-electron chi connectivity index (χ2n) is 2.61. The molecule has 0 aliphatic carbocycles. The van der Waals surface area contributed by atoms with E-state index >= 15 is 0 Å². The van der Waals surface area contributed by atoms with Crippen LogP contribution in [0, 0.1) is 0 Å². The molecule has 1 aromatic carbocycles. The molecule has 0 heterocycles. The van der Waals surface area contributed by atoms with Crippen molar-refractivity contribution in [2.24, 2.45) is 0 Å². The van der Waals surface area contributed by atoms with Crippen LogP contribution >= 0.6 is 12.4 Å². The molecule has 0 amide bonds. The Morgan fingerprint density at radius 3 is 2.58 bits per heavy atom. The van der Waals surface area contributed by atoms with Gasteiger partial charge < -0.3 is 10.4 Å². The fraction of sp³-hybridized carbons (Fsp3) is 0.333. The number of rotatable bonds is 2. The molecule has 3 heteroatoms. The molecule has 0 aliphatic heterocycles. The fourth-order valence-electron chi connectivity index (χ4n) is 0.961. The molecule has 1 rings (SSSR count). The predicted octanol–water partition coefficient (Wildman–Crippen LogP) is 2.09. The molecule has 1 atom stereocenters. The van der Waals surface area contributed by atoms with Crippen LogP contribution in [-0.2, 0) is 0 Å². The first-order valence-corrected chi connectivity index (χ1v) is 3.70. The van der Waals surface area contributed by atoms with Gasteiger partial charge in [-0.2, -0.15) is 0 Å². The van der Waals surface area contributed by atoms with E-state index in [1.807, 2.05) is 19.2 Å². The topological polar surface area (TPSA) is 32.3 Å². The minimum absolute atomic E-state index is 0. The van der Waals surface area contributed by atoms with Gasteiger partial charge in [0, 0.05) is 6.04 Å². The number of nitrogens with one attached hydrogen (secondary N) is 1. The molecule has 1 unspecified atom stereocenters. The Labute approximate surface area is 79.0 Å². The second-order valence-corrected chi connectivity index (χ2v) is 2.61. The normalized spacial score (nSPS) is 11.8. The molecule has 2 N–H and O–H groups in total.